The summed E-state index contributed by atoms with van der Waals surface area (Å²) in [4.78, 5) is 10.6. The minimum absolute atomic E-state index is 0.0532. The summed E-state index contributed by atoms with van der Waals surface area (Å²) < 4.78 is 59.1. The van der Waals surface area contributed by atoms with Gasteiger partial charge in [0.25, 0.3) is 0 Å². The van der Waals surface area contributed by atoms with E-state index in [4.69, 9.17) is 15.6 Å². The maximum absolute atomic E-state index is 13.1. The number of hydrogen-bond donors (Lipinski definition) is 3. The molecule has 0 aliphatic carbocycles. The number of rotatable bonds is 8. The Kier molecular flexibility index (Phi) is 6.57. The minimum Gasteiger partial charge on any atom is -0.480 e. The summed E-state index contributed by atoms with van der Waals surface area (Å²) in [5.74, 6) is -3.89. The summed E-state index contributed by atoms with van der Waals surface area (Å²) >= 11 is 0. The highest BCUT2D eigenvalue weighted by atomic mass is 32.2. The zero-order chi connectivity index (χ0) is 17.7. The van der Waals surface area contributed by atoms with Gasteiger partial charge in [-0.15, -0.1) is 0 Å². The van der Waals surface area contributed by atoms with Gasteiger partial charge in [-0.2, -0.15) is 13.2 Å². The Balaban J connectivity index is 2.73. The Morgan fingerprint density at radius 1 is 1.22 bits per heavy atom. The Labute approximate surface area is 132 Å². The first kappa shape index (κ1) is 19.4. The predicted molar refractivity (Wildman–Crippen MR) is 80.7 cm³/mol. The zero-order valence-corrected chi connectivity index (χ0v) is 13.1. The lowest BCUT2D eigenvalue weighted by atomic mass is 9.96. The normalized spacial score (nSPS) is 17.2. The largest absolute Gasteiger partial charge is 0.480 e. The number of benzene rings is 1. The lowest BCUT2D eigenvalue weighted by molar-refractivity contribution is -0.150. The average Bonchev–Trinajstić information content (AvgIpc) is 2.44. The van der Waals surface area contributed by atoms with Crippen molar-refractivity contribution in [3.8, 4) is 0 Å². The van der Waals surface area contributed by atoms with Crippen molar-refractivity contribution >= 4 is 15.7 Å². The van der Waals surface area contributed by atoms with Gasteiger partial charge >= 0.3 is 12.1 Å². The molecule has 0 aromatic heterocycles. The van der Waals surface area contributed by atoms with E-state index in [2.05, 4.69) is 0 Å². The molecule has 0 amide bonds. The third kappa shape index (κ3) is 6.57. The van der Waals surface area contributed by atoms with Gasteiger partial charge in [0, 0.05) is 21.2 Å². The lowest BCUT2D eigenvalue weighted by Gasteiger charge is -2.21. The van der Waals surface area contributed by atoms with Gasteiger partial charge in [-0.3, -0.25) is 9.57 Å². The number of hydrogen-bond acceptors (Lipinski definition) is 4. The number of halogens is 3. The highest BCUT2D eigenvalue weighted by Gasteiger charge is 2.40. The molecule has 0 saturated carbocycles. The summed E-state index contributed by atoms with van der Waals surface area (Å²) in [7, 11) is -3.32. The van der Waals surface area contributed by atoms with Crippen LogP contribution in [0.4, 0.5) is 13.2 Å². The number of alkyl halides is 3. The van der Waals surface area contributed by atoms with Gasteiger partial charge in [0.2, 0.25) is 0 Å². The first-order chi connectivity index (χ1) is 10.5. The van der Waals surface area contributed by atoms with E-state index < -0.39 is 46.0 Å². The van der Waals surface area contributed by atoms with Crippen LogP contribution in [0, 0.1) is 4.78 Å². The van der Waals surface area contributed by atoms with E-state index in [1.807, 2.05) is 0 Å². The minimum atomic E-state index is -4.51. The van der Waals surface area contributed by atoms with Crippen molar-refractivity contribution in [1.82, 2.24) is 0 Å². The second-order valence-electron chi connectivity index (χ2n) is 5.25. The molecule has 1 rings (SSSR count). The fraction of sp³-hybridized carbons (Fsp3) is 0.500. The van der Waals surface area contributed by atoms with E-state index in [1.54, 1.807) is 6.07 Å². The van der Waals surface area contributed by atoms with Crippen molar-refractivity contribution in [3.63, 3.8) is 0 Å². The predicted octanol–water partition coefficient (Wildman–Crippen LogP) is 2.57. The van der Waals surface area contributed by atoms with Crippen molar-refractivity contribution in [1.29, 1.82) is 4.78 Å². The van der Waals surface area contributed by atoms with Crippen LogP contribution in [0.25, 0.3) is 0 Å². The van der Waals surface area contributed by atoms with Gasteiger partial charge in [0.05, 0.1) is 5.92 Å². The summed E-state index contributed by atoms with van der Waals surface area (Å²) in [6, 6.07) is 5.97. The molecule has 23 heavy (non-hydrogen) atoms. The zero-order valence-electron chi connectivity index (χ0n) is 12.3. The van der Waals surface area contributed by atoms with Crippen LogP contribution in [0.5, 0.6) is 0 Å². The fourth-order valence-corrected chi connectivity index (χ4v) is 3.51. The SMILES string of the molecule is N=[S@](=O)(CC[C@H](c1ccccc1)C(F)(F)F)CC[C@H](N)C(=O)O. The van der Waals surface area contributed by atoms with Crippen LogP contribution in [0.3, 0.4) is 0 Å². The maximum atomic E-state index is 13.1. The highest BCUT2D eigenvalue weighted by molar-refractivity contribution is 7.92. The van der Waals surface area contributed by atoms with Gasteiger partial charge in [-0.05, 0) is 18.4 Å². The van der Waals surface area contributed by atoms with Crippen molar-refractivity contribution in [2.24, 2.45) is 5.73 Å². The summed E-state index contributed by atoms with van der Waals surface area (Å²) in [6.07, 6.45) is -5.20. The monoisotopic (exact) mass is 352 g/mol. The number of carboxylic acids is 1. The van der Waals surface area contributed by atoms with E-state index >= 15 is 0 Å². The first-order valence-electron chi connectivity index (χ1n) is 6.87. The molecule has 0 aliphatic heterocycles. The van der Waals surface area contributed by atoms with Crippen molar-refractivity contribution < 1.29 is 27.3 Å². The third-order valence-corrected chi connectivity index (χ3v) is 5.20. The fourth-order valence-electron chi connectivity index (χ4n) is 2.06. The van der Waals surface area contributed by atoms with Gasteiger partial charge in [0.1, 0.15) is 6.04 Å². The molecular weight excluding hydrogens is 333 g/mol. The van der Waals surface area contributed by atoms with E-state index in [0.29, 0.717) is 0 Å². The number of aliphatic carboxylic acids is 1. The molecule has 1 aromatic carbocycles. The second-order valence-corrected chi connectivity index (χ2v) is 7.69. The molecule has 0 fully saturated rings. The van der Waals surface area contributed by atoms with Crippen molar-refractivity contribution in [3.05, 3.63) is 35.9 Å². The number of carbonyl (C=O) groups is 1. The molecule has 130 valence electrons. The van der Waals surface area contributed by atoms with Gasteiger partial charge in [0.15, 0.2) is 0 Å². The van der Waals surface area contributed by atoms with Gasteiger partial charge < -0.3 is 10.8 Å². The molecule has 0 heterocycles. The Bertz CT molecular complexity index is 618. The Morgan fingerprint density at radius 2 is 1.74 bits per heavy atom. The van der Waals surface area contributed by atoms with Crippen LogP contribution in [-0.2, 0) is 14.5 Å². The molecule has 0 aliphatic rings. The van der Waals surface area contributed by atoms with E-state index in [-0.39, 0.29) is 17.7 Å². The molecule has 9 heteroatoms. The number of nitrogens with one attached hydrogen (secondary N) is 1. The molecule has 0 bridgehead atoms. The van der Waals surface area contributed by atoms with Crippen LogP contribution in [0.1, 0.15) is 24.3 Å². The van der Waals surface area contributed by atoms with Crippen LogP contribution in [-0.4, -0.2) is 39.0 Å². The smallest absolute Gasteiger partial charge is 0.395 e. The van der Waals surface area contributed by atoms with Crippen molar-refractivity contribution in [2.75, 3.05) is 11.5 Å². The van der Waals surface area contributed by atoms with E-state index in [0.717, 1.165) is 0 Å². The Hall–Kier alpha value is -1.61. The molecule has 3 atom stereocenters. The highest BCUT2D eigenvalue weighted by Crippen LogP contribution is 2.37. The second kappa shape index (κ2) is 7.78. The lowest BCUT2D eigenvalue weighted by Crippen LogP contribution is -2.32. The van der Waals surface area contributed by atoms with Gasteiger partial charge in [-0.25, -0.2) is 4.21 Å². The van der Waals surface area contributed by atoms with Crippen LogP contribution in [0.2, 0.25) is 0 Å². The van der Waals surface area contributed by atoms with E-state index in [1.165, 1.54) is 24.3 Å². The molecule has 1 aromatic rings. The summed E-state index contributed by atoms with van der Waals surface area (Å²) in [5.41, 5.74) is 5.30. The van der Waals surface area contributed by atoms with Crippen LogP contribution < -0.4 is 5.73 Å². The average molecular weight is 352 g/mol. The number of carboxylic acid groups (broad SMARTS) is 1. The van der Waals surface area contributed by atoms with Gasteiger partial charge in [-0.1, -0.05) is 30.3 Å². The first-order valence-corrected chi connectivity index (χ1v) is 8.77. The number of nitrogens with two attached hydrogens (primary N) is 1. The topological polar surface area (TPSA) is 104 Å². The summed E-state index contributed by atoms with van der Waals surface area (Å²) in [6.45, 7) is 0. The molecular formula is C14H19F3N2O3S. The standard InChI is InChI=1S/C14H19F3N2O3S/c15-14(16,17)11(10-4-2-1-3-5-10)6-8-23(19,22)9-7-12(18)13(20)21/h1-5,11-12,19H,6-9,18H2,(H,20,21)/t11-,12+,23+/m1/s1. The van der Waals surface area contributed by atoms with E-state index in [9.17, 15) is 22.2 Å². The van der Waals surface area contributed by atoms with Crippen LogP contribution >= 0.6 is 0 Å². The molecule has 0 unspecified atom stereocenters. The molecule has 0 radical (unpaired) electrons. The molecule has 0 saturated heterocycles. The van der Waals surface area contributed by atoms with Crippen molar-refractivity contribution in [2.45, 2.75) is 31.0 Å². The molecule has 4 N–H and O–H groups in total. The Morgan fingerprint density at radius 3 is 2.22 bits per heavy atom. The third-order valence-electron chi connectivity index (χ3n) is 3.41. The quantitative estimate of drug-likeness (QED) is 0.669. The molecule has 5 nitrogen and oxygen atoms in total. The summed E-state index contributed by atoms with van der Waals surface area (Å²) in [5, 5.41) is 8.62. The maximum Gasteiger partial charge on any atom is 0.395 e. The van der Waals surface area contributed by atoms with Crippen LogP contribution in [0.15, 0.2) is 30.3 Å². The molecule has 0 spiro atoms.